The van der Waals surface area contributed by atoms with Crippen molar-refractivity contribution in [3.8, 4) is 5.88 Å². The van der Waals surface area contributed by atoms with Gasteiger partial charge in [0.25, 0.3) is 0 Å². The minimum atomic E-state index is 0.344. The number of ether oxygens (including phenoxy) is 1. The van der Waals surface area contributed by atoms with Crippen LogP contribution in [0.5, 0.6) is 5.88 Å². The second-order valence-electron chi connectivity index (χ2n) is 2.16. The highest BCUT2D eigenvalue weighted by molar-refractivity contribution is 5.78. The second kappa shape index (κ2) is 3.71. The van der Waals surface area contributed by atoms with E-state index < -0.39 is 0 Å². The predicted molar refractivity (Wildman–Crippen MR) is 45.7 cm³/mol. The average molecular weight is 166 g/mol. The molecule has 64 valence electrons. The number of carbonyl (C=O) groups is 1. The molecule has 0 aliphatic heterocycles. The number of hydrogen-bond acceptors (Lipinski definition) is 4. The first-order chi connectivity index (χ1) is 5.81. The van der Waals surface area contributed by atoms with Crippen molar-refractivity contribution < 1.29 is 9.53 Å². The monoisotopic (exact) mass is 166 g/mol. The van der Waals surface area contributed by atoms with E-state index in [0.717, 1.165) is 0 Å². The zero-order valence-corrected chi connectivity index (χ0v) is 7.00. The molecule has 0 aliphatic carbocycles. The molecule has 0 saturated heterocycles. The van der Waals surface area contributed by atoms with E-state index in [2.05, 4.69) is 10.3 Å². The van der Waals surface area contributed by atoms with Gasteiger partial charge in [-0.25, -0.2) is 0 Å². The Morgan fingerprint density at radius 1 is 1.58 bits per heavy atom. The lowest BCUT2D eigenvalue weighted by molar-refractivity contribution is 0.112. The van der Waals surface area contributed by atoms with Gasteiger partial charge in [0, 0.05) is 7.05 Å². The van der Waals surface area contributed by atoms with Crippen molar-refractivity contribution in [2.45, 2.75) is 0 Å². The zero-order valence-electron chi connectivity index (χ0n) is 7.00. The van der Waals surface area contributed by atoms with Crippen LogP contribution in [0.1, 0.15) is 10.4 Å². The summed E-state index contributed by atoms with van der Waals surface area (Å²) in [6.45, 7) is 0. The molecule has 0 saturated carbocycles. The number of methoxy groups -OCH3 is 1. The Morgan fingerprint density at radius 2 is 2.33 bits per heavy atom. The van der Waals surface area contributed by atoms with Crippen LogP contribution in [-0.4, -0.2) is 25.4 Å². The minimum absolute atomic E-state index is 0.344. The minimum Gasteiger partial charge on any atom is -0.480 e. The highest BCUT2D eigenvalue weighted by Gasteiger charge is 2.03. The summed E-state index contributed by atoms with van der Waals surface area (Å²) < 4.78 is 4.90. The molecular formula is C8H10N2O2. The van der Waals surface area contributed by atoms with Gasteiger partial charge in [-0.15, -0.1) is 0 Å². The van der Waals surface area contributed by atoms with Crippen molar-refractivity contribution in [1.29, 1.82) is 0 Å². The van der Waals surface area contributed by atoms with Gasteiger partial charge in [0.2, 0.25) is 5.88 Å². The molecule has 1 aromatic rings. The summed E-state index contributed by atoms with van der Waals surface area (Å²) in [5.41, 5.74) is 0.455. The van der Waals surface area contributed by atoms with Crippen LogP contribution in [0.2, 0.25) is 0 Å². The van der Waals surface area contributed by atoms with Gasteiger partial charge < -0.3 is 10.1 Å². The predicted octanol–water partition coefficient (Wildman–Crippen LogP) is 0.944. The summed E-state index contributed by atoms with van der Waals surface area (Å²) >= 11 is 0. The summed E-state index contributed by atoms with van der Waals surface area (Å²) in [5.74, 6) is 1.02. The third kappa shape index (κ3) is 1.53. The fourth-order valence-electron chi connectivity index (χ4n) is 0.844. The number of carbonyl (C=O) groups excluding carboxylic acids is 1. The average Bonchev–Trinajstić information content (AvgIpc) is 2.16. The molecule has 12 heavy (non-hydrogen) atoms. The Balaban J connectivity index is 3.10. The number of rotatable bonds is 3. The molecule has 0 atom stereocenters. The highest BCUT2D eigenvalue weighted by atomic mass is 16.5. The number of nitrogens with zero attached hydrogens (tertiary/aromatic N) is 1. The highest BCUT2D eigenvalue weighted by Crippen LogP contribution is 2.15. The summed E-state index contributed by atoms with van der Waals surface area (Å²) in [7, 11) is 3.23. The number of pyridine rings is 1. The van der Waals surface area contributed by atoms with Crippen LogP contribution in [0.3, 0.4) is 0 Å². The van der Waals surface area contributed by atoms with E-state index in [9.17, 15) is 4.79 Å². The smallest absolute Gasteiger partial charge is 0.225 e. The van der Waals surface area contributed by atoms with Crippen molar-refractivity contribution in [2.24, 2.45) is 0 Å². The Labute approximate surface area is 70.6 Å². The normalized spacial score (nSPS) is 9.17. The van der Waals surface area contributed by atoms with Crippen LogP contribution in [0.15, 0.2) is 12.1 Å². The molecule has 0 unspecified atom stereocenters. The van der Waals surface area contributed by atoms with Crippen LogP contribution in [-0.2, 0) is 0 Å². The van der Waals surface area contributed by atoms with E-state index in [4.69, 9.17) is 4.74 Å². The first-order valence-electron chi connectivity index (χ1n) is 3.49. The number of hydrogen-bond donors (Lipinski definition) is 1. The molecule has 1 N–H and O–H groups in total. The zero-order chi connectivity index (χ0) is 8.97. The van der Waals surface area contributed by atoms with E-state index in [1.54, 1.807) is 19.2 Å². The van der Waals surface area contributed by atoms with Crippen molar-refractivity contribution in [3.63, 3.8) is 0 Å². The Morgan fingerprint density at radius 3 is 2.83 bits per heavy atom. The van der Waals surface area contributed by atoms with Crippen molar-refractivity contribution in [3.05, 3.63) is 17.7 Å². The standard InChI is InChI=1S/C8H10N2O2/c1-9-7-4-3-6(5-11)8(10-7)12-2/h3-5H,1-2H3,(H,9,10). The molecule has 1 aromatic heterocycles. The fraction of sp³-hybridized carbons (Fsp3) is 0.250. The van der Waals surface area contributed by atoms with Gasteiger partial charge in [-0.2, -0.15) is 4.98 Å². The molecule has 0 bridgehead atoms. The number of nitrogens with one attached hydrogen (secondary N) is 1. The fourth-order valence-corrected chi connectivity index (χ4v) is 0.844. The molecule has 0 radical (unpaired) electrons. The maximum absolute atomic E-state index is 10.4. The third-order valence-corrected chi connectivity index (χ3v) is 1.47. The second-order valence-corrected chi connectivity index (χ2v) is 2.16. The van der Waals surface area contributed by atoms with Crippen molar-refractivity contribution in [2.75, 3.05) is 19.5 Å². The SMILES string of the molecule is CNc1ccc(C=O)c(OC)n1. The van der Waals surface area contributed by atoms with Gasteiger partial charge >= 0.3 is 0 Å². The molecule has 4 nitrogen and oxygen atoms in total. The van der Waals surface area contributed by atoms with Crippen LogP contribution >= 0.6 is 0 Å². The van der Waals surface area contributed by atoms with Gasteiger partial charge in [-0.05, 0) is 12.1 Å². The summed E-state index contributed by atoms with van der Waals surface area (Å²) in [4.78, 5) is 14.5. The van der Waals surface area contributed by atoms with E-state index >= 15 is 0 Å². The third-order valence-electron chi connectivity index (χ3n) is 1.47. The first kappa shape index (κ1) is 8.52. The van der Waals surface area contributed by atoms with Crippen LogP contribution in [0, 0.1) is 0 Å². The van der Waals surface area contributed by atoms with Crippen LogP contribution in [0.4, 0.5) is 5.82 Å². The number of aldehydes is 1. The number of anilines is 1. The van der Waals surface area contributed by atoms with Crippen molar-refractivity contribution in [1.82, 2.24) is 4.98 Å². The van der Waals surface area contributed by atoms with Crippen LogP contribution in [0.25, 0.3) is 0 Å². The summed E-state index contributed by atoms with van der Waals surface area (Å²) in [5, 5.41) is 2.85. The molecule has 0 fully saturated rings. The lowest BCUT2D eigenvalue weighted by atomic mass is 10.3. The molecule has 1 heterocycles. The largest absolute Gasteiger partial charge is 0.480 e. The lowest BCUT2D eigenvalue weighted by Crippen LogP contribution is -1.98. The van der Waals surface area contributed by atoms with E-state index in [0.29, 0.717) is 23.5 Å². The van der Waals surface area contributed by atoms with Gasteiger partial charge in [0.15, 0.2) is 6.29 Å². The molecule has 0 aliphatic rings. The molecule has 1 rings (SSSR count). The molecular weight excluding hydrogens is 156 g/mol. The summed E-state index contributed by atoms with van der Waals surface area (Å²) in [6.07, 6.45) is 0.714. The van der Waals surface area contributed by atoms with Gasteiger partial charge in [0.05, 0.1) is 12.7 Å². The Hall–Kier alpha value is -1.58. The van der Waals surface area contributed by atoms with Crippen LogP contribution < -0.4 is 10.1 Å². The molecule has 4 heteroatoms. The summed E-state index contributed by atoms with van der Waals surface area (Å²) in [6, 6.07) is 3.37. The van der Waals surface area contributed by atoms with Gasteiger partial charge in [0.1, 0.15) is 5.82 Å². The maximum atomic E-state index is 10.4. The molecule has 0 aromatic carbocycles. The van der Waals surface area contributed by atoms with E-state index in [1.165, 1.54) is 7.11 Å². The van der Waals surface area contributed by atoms with E-state index in [-0.39, 0.29) is 0 Å². The van der Waals surface area contributed by atoms with Gasteiger partial charge in [-0.1, -0.05) is 0 Å². The topological polar surface area (TPSA) is 51.2 Å². The van der Waals surface area contributed by atoms with Crippen molar-refractivity contribution >= 4 is 12.1 Å². The quantitative estimate of drug-likeness (QED) is 0.679. The molecule has 0 amide bonds. The van der Waals surface area contributed by atoms with Gasteiger partial charge in [-0.3, -0.25) is 4.79 Å². The Kier molecular flexibility index (Phi) is 2.63. The Bertz CT molecular complexity index is 286. The lowest BCUT2D eigenvalue weighted by Gasteiger charge is -2.04. The maximum Gasteiger partial charge on any atom is 0.225 e. The first-order valence-corrected chi connectivity index (χ1v) is 3.49. The van der Waals surface area contributed by atoms with E-state index in [1.807, 2.05) is 0 Å². The number of aromatic nitrogens is 1. The molecule has 0 spiro atoms.